The number of amides is 1. The molecule has 1 amide bonds. The summed E-state index contributed by atoms with van der Waals surface area (Å²) in [5, 5.41) is 23.0. The molecule has 1 aliphatic heterocycles. The number of ether oxygens (including phenoxy) is 1. The smallest absolute Gasteiger partial charge is 0.251 e. The van der Waals surface area contributed by atoms with Gasteiger partial charge >= 0.3 is 0 Å². The molecule has 0 saturated carbocycles. The third-order valence-electron chi connectivity index (χ3n) is 5.16. The lowest BCUT2D eigenvalue weighted by Gasteiger charge is -2.31. The number of carbonyl (C=O) groups is 1. The Bertz CT molecular complexity index is 623. The van der Waals surface area contributed by atoms with Crippen LogP contribution in [0, 0.1) is 0 Å². The van der Waals surface area contributed by atoms with E-state index in [2.05, 4.69) is 10.2 Å². The highest BCUT2D eigenvalue weighted by Crippen LogP contribution is 2.25. The Morgan fingerprint density at radius 3 is 2.25 bits per heavy atom. The van der Waals surface area contributed by atoms with Crippen molar-refractivity contribution in [2.75, 3.05) is 66.4 Å². The van der Waals surface area contributed by atoms with Crippen molar-refractivity contribution in [2.45, 2.75) is 24.4 Å². The Hall–Kier alpha value is -1.71. The summed E-state index contributed by atoms with van der Waals surface area (Å²) >= 11 is 0. The predicted octanol–water partition coefficient (Wildman–Crippen LogP) is -0.535. The zero-order chi connectivity index (χ0) is 20.8. The number of nitrogens with one attached hydrogen (secondary N) is 1. The number of anilines is 1. The molecule has 0 spiro atoms. The summed E-state index contributed by atoms with van der Waals surface area (Å²) in [4.78, 5) is 18.6. The standard InChI is InChI=1S/C20H34N4O4/c1-22(2)10-11-24(5)18-16(28-17(13-25)19(18)26)12-21-20(27)14-6-8-15(9-7-14)23(3)4/h6-9,16-19,25-26H,10-13H2,1-5H3,(H,21,27)/t16-,17+,18-,19-/m1/s1. The molecule has 0 unspecified atom stereocenters. The van der Waals surface area contributed by atoms with Crippen LogP contribution >= 0.6 is 0 Å². The van der Waals surface area contributed by atoms with E-state index < -0.39 is 18.3 Å². The quantitative estimate of drug-likeness (QED) is 0.519. The monoisotopic (exact) mass is 394 g/mol. The highest BCUT2D eigenvalue weighted by molar-refractivity contribution is 5.94. The van der Waals surface area contributed by atoms with Crippen LogP contribution in [0.1, 0.15) is 10.4 Å². The average molecular weight is 395 g/mol. The van der Waals surface area contributed by atoms with Crippen LogP contribution in [0.2, 0.25) is 0 Å². The first kappa shape index (κ1) is 22.6. The van der Waals surface area contributed by atoms with E-state index in [4.69, 9.17) is 4.74 Å². The Kier molecular flexibility index (Phi) is 8.21. The average Bonchev–Trinajstić information content (AvgIpc) is 2.99. The zero-order valence-electron chi connectivity index (χ0n) is 17.5. The highest BCUT2D eigenvalue weighted by Gasteiger charge is 2.45. The van der Waals surface area contributed by atoms with Crippen LogP contribution in [0.4, 0.5) is 5.69 Å². The molecule has 1 aliphatic rings. The molecule has 8 nitrogen and oxygen atoms in total. The van der Waals surface area contributed by atoms with Crippen LogP contribution in [0.15, 0.2) is 24.3 Å². The van der Waals surface area contributed by atoms with Gasteiger partial charge in [-0.25, -0.2) is 0 Å². The van der Waals surface area contributed by atoms with Crippen molar-refractivity contribution in [1.29, 1.82) is 0 Å². The van der Waals surface area contributed by atoms with Crippen LogP contribution < -0.4 is 10.2 Å². The van der Waals surface area contributed by atoms with Gasteiger partial charge in [-0.15, -0.1) is 0 Å². The number of nitrogens with zero attached hydrogens (tertiary/aromatic N) is 3. The summed E-state index contributed by atoms with van der Waals surface area (Å²) in [6.07, 6.45) is -1.85. The number of rotatable bonds is 9. The fourth-order valence-corrected chi connectivity index (χ4v) is 3.40. The van der Waals surface area contributed by atoms with E-state index in [-0.39, 0.29) is 25.1 Å². The fraction of sp³-hybridized carbons (Fsp3) is 0.650. The number of aliphatic hydroxyl groups is 2. The van der Waals surface area contributed by atoms with E-state index in [1.54, 1.807) is 12.1 Å². The van der Waals surface area contributed by atoms with Gasteiger partial charge in [0.1, 0.15) is 12.2 Å². The second kappa shape index (κ2) is 10.2. The Balaban J connectivity index is 1.99. The maximum Gasteiger partial charge on any atom is 0.251 e. The molecule has 1 aromatic rings. The molecule has 0 aromatic heterocycles. The summed E-state index contributed by atoms with van der Waals surface area (Å²) in [5.41, 5.74) is 1.59. The largest absolute Gasteiger partial charge is 0.394 e. The first-order valence-corrected chi connectivity index (χ1v) is 9.59. The molecule has 28 heavy (non-hydrogen) atoms. The zero-order valence-corrected chi connectivity index (χ0v) is 17.5. The van der Waals surface area contributed by atoms with Gasteiger partial charge in [0, 0.05) is 45.0 Å². The lowest BCUT2D eigenvalue weighted by molar-refractivity contribution is -0.0209. The summed E-state index contributed by atoms with van der Waals surface area (Å²) in [6, 6.07) is 7.06. The van der Waals surface area contributed by atoms with E-state index in [0.717, 1.165) is 18.8 Å². The van der Waals surface area contributed by atoms with Gasteiger partial charge in [-0.3, -0.25) is 9.69 Å². The molecule has 0 radical (unpaired) electrons. The molecule has 1 aromatic carbocycles. The number of hydrogen-bond acceptors (Lipinski definition) is 7. The van der Waals surface area contributed by atoms with Crippen molar-refractivity contribution < 1.29 is 19.7 Å². The van der Waals surface area contributed by atoms with Crippen molar-refractivity contribution >= 4 is 11.6 Å². The molecule has 3 N–H and O–H groups in total. The number of aliphatic hydroxyl groups excluding tert-OH is 2. The molecule has 4 atom stereocenters. The van der Waals surface area contributed by atoms with Crippen molar-refractivity contribution in [3.8, 4) is 0 Å². The van der Waals surface area contributed by atoms with Crippen molar-refractivity contribution in [3.63, 3.8) is 0 Å². The summed E-state index contributed by atoms with van der Waals surface area (Å²) in [7, 11) is 9.80. The Morgan fingerprint density at radius 2 is 1.71 bits per heavy atom. The highest BCUT2D eigenvalue weighted by atomic mass is 16.5. The minimum atomic E-state index is -0.807. The second-order valence-corrected chi connectivity index (χ2v) is 7.81. The molecule has 8 heteroatoms. The first-order chi connectivity index (χ1) is 13.2. The maximum absolute atomic E-state index is 12.5. The van der Waals surface area contributed by atoms with E-state index >= 15 is 0 Å². The molecule has 0 bridgehead atoms. The minimum Gasteiger partial charge on any atom is -0.394 e. The van der Waals surface area contributed by atoms with Gasteiger partial charge < -0.3 is 30.1 Å². The third-order valence-corrected chi connectivity index (χ3v) is 5.16. The van der Waals surface area contributed by atoms with Crippen molar-refractivity contribution in [2.24, 2.45) is 0 Å². The third kappa shape index (κ3) is 5.65. The fourth-order valence-electron chi connectivity index (χ4n) is 3.40. The Morgan fingerprint density at radius 1 is 1.07 bits per heavy atom. The van der Waals surface area contributed by atoms with Gasteiger partial charge in [-0.1, -0.05) is 0 Å². The van der Waals surface area contributed by atoms with E-state index in [9.17, 15) is 15.0 Å². The van der Waals surface area contributed by atoms with Crippen LogP contribution in [0.25, 0.3) is 0 Å². The summed E-state index contributed by atoms with van der Waals surface area (Å²) in [5.74, 6) is -0.189. The molecule has 0 aliphatic carbocycles. The van der Waals surface area contributed by atoms with Crippen LogP contribution in [-0.2, 0) is 4.74 Å². The number of hydrogen-bond donors (Lipinski definition) is 3. The first-order valence-electron chi connectivity index (χ1n) is 9.59. The molecular weight excluding hydrogens is 360 g/mol. The molecular formula is C20H34N4O4. The number of likely N-dealkylation sites (N-methyl/N-ethyl adjacent to an activating group) is 2. The second-order valence-electron chi connectivity index (χ2n) is 7.81. The molecule has 1 fully saturated rings. The van der Waals surface area contributed by atoms with Gasteiger partial charge in [0.05, 0.1) is 18.8 Å². The van der Waals surface area contributed by atoms with Crippen LogP contribution in [0.5, 0.6) is 0 Å². The van der Waals surface area contributed by atoms with E-state index in [0.29, 0.717) is 5.56 Å². The van der Waals surface area contributed by atoms with Crippen molar-refractivity contribution in [1.82, 2.24) is 15.1 Å². The van der Waals surface area contributed by atoms with Gasteiger partial charge in [-0.05, 0) is 45.4 Å². The normalized spacial score (nSPS) is 24.8. The van der Waals surface area contributed by atoms with E-state index in [1.165, 1.54) is 0 Å². The number of benzene rings is 1. The maximum atomic E-state index is 12.5. The minimum absolute atomic E-state index is 0.189. The van der Waals surface area contributed by atoms with Crippen LogP contribution in [-0.4, -0.2) is 112 Å². The van der Waals surface area contributed by atoms with Gasteiger partial charge in [0.2, 0.25) is 0 Å². The summed E-state index contributed by atoms with van der Waals surface area (Å²) in [6.45, 7) is 1.59. The lowest BCUT2D eigenvalue weighted by atomic mass is 10.0. The molecule has 1 saturated heterocycles. The SMILES string of the molecule is CN(C)CCN(C)[C@H]1[C@H](O)[C@H](CO)O[C@@H]1CNC(=O)c1ccc(N(C)C)cc1. The van der Waals surface area contributed by atoms with Crippen molar-refractivity contribution in [3.05, 3.63) is 29.8 Å². The van der Waals surface area contributed by atoms with Gasteiger partial charge in [-0.2, -0.15) is 0 Å². The molecule has 1 heterocycles. The Labute approximate surface area is 167 Å². The van der Waals surface area contributed by atoms with Crippen LogP contribution in [0.3, 0.4) is 0 Å². The van der Waals surface area contributed by atoms with E-state index in [1.807, 2.05) is 57.2 Å². The summed E-state index contributed by atoms with van der Waals surface area (Å²) < 4.78 is 5.82. The predicted molar refractivity (Wildman–Crippen MR) is 110 cm³/mol. The molecule has 2 rings (SSSR count). The topological polar surface area (TPSA) is 88.5 Å². The van der Waals surface area contributed by atoms with Gasteiger partial charge in [0.25, 0.3) is 5.91 Å². The lowest BCUT2D eigenvalue weighted by Crippen LogP contribution is -2.51. The molecule has 158 valence electrons. The number of carbonyl (C=O) groups excluding carboxylic acids is 1. The van der Waals surface area contributed by atoms with Gasteiger partial charge in [0.15, 0.2) is 0 Å².